The topological polar surface area (TPSA) is 66.5 Å². The van der Waals surface area contributed by atoms with Crippen LogP contribution in [0, 0.1) is 5.82 Å². The van der Waals surface area contributed by atoms with Crippen LogP contribution in [0.1, 0.15) is 5.56 Å². The number of nitrogens with zero attached hydrogens (tertiary/aromatic N) is 1. The summed E-state index contributed by atoms with van der Waals surface area (Å²) in [6, 6.07) is 11.8. The predicted octanol–water partition coefficient (Wildman–Crippen LogP) is 2.56. The zero-order valence-corrected chi connectivity index (χ0v) is 14.4. The highest BCUT2D eigenvalue weighted by molar-refractivity contribution is 7.92. The van der Waals surface area contributed by atoms with Gasteiger partial charge in [0.1, 0.15) is 12.4 Å². The number of rotatable bonds is 6. The van der Waals surface area contributed by atoms with Crippen LogP contribution in [0.5, 0.6) is 0 Å². The third-order valence-electron chi connectivity index (χ3n) is 3.21. The maximum Gasteiger partial charge on any atom is 0.241 e. The smallest absolute Gasteiger partial charge is 0.241 e. The van der Waals surface area contributed by atoms with E-state index in [4.69, 9.17) is 11.6 Å². The normalized spacial score (nSPS) is 11.1. The maximum atomic E-state index is 12.8. The first kappa shape index (κ1) is 18.2. The van der Waals surface area contributed by atoms with Crippen LogP contribution in [-0.2, 0) is 21.4 Å². The Hall–Kier alpha value is -2.12. The van der Waals surface area contributed by atoms with Gasteiger partial charge in [0.05, 0.1) is 11.9 Å². The Labute approximate surface area is 145 Å². The molecule has 0 bridgehead atoms. The fourth-order valence-electron chi connectivity index (χ4n) is 2.00. The van der Waals surface area contributed by atoms with Gasteiger partial charge in [-0.3, -0.25) is 9.10 Å². The summed E-state index contributed by atoms with van der Waals surface area (Å²) in [6.45, 7) is -0.182. The molecule has 0 spiro atoms. The molecule has 0 aliphatic heterocycles. The van der Waals surface area contributed by atoms with Crippen LogP contribution in [-0.4, -0.2) is 27.1 Å². The van der Waals surface area contributed by atoms with Gasteiger partial charge >= 0.3 is 0 Å². The molecule has 0 saturated heterocycles. The van der Waals surface area contributed by atoms with Gasteiger partial charge in [-0.15, -0.1) is 0 Å². The summed E-state index contributed by atoms with van der Waals surface area (Å²) in [7, 11) is -3.63. The Morgan fingerprint density at radius 2 is 1.71 bits per heavy atom. The van der Waals surface area contributed by atoms with Crippen molar-refractivity contribution >= 4 is 33.2 Å². The van der Waals surface area contributed by atoms with Gasteiger partial charge in [0.15, 0.2) is 0 Å². The Balaban J connectivity index is 2.05. The number of amides is 1. The fourth-order valence-corrected chi connectivity index (χ4v) is 2.98. The Kier molecular flexibility index (Phi) is 5.80. The number of hydrogen-bond acceptors (Lipinski definition) is 3. The largest absolute Gasteiger partial charge is 0.350 e. The predicted molar refractivity (Wildman–Crippen MR) is 91.9 cm³/mol. The molecule has 0 aliphatic carbocycles. The Bertz CT molecular complexity index is 808. The average molecular weight is 371 g/mol. The minimum absolute atomic E-state index is 0.178. The standard InChI is InChI=1S/C16H16ClFN2O3S/c1-24(22,23)20(15-8-4-13(17)5-9-15)11-16(21)19-10-12-2-6-14(18)7-3-12/h2-9H,10-11H2,1H3,(H,19,21). The number of carbonyl (C=O) groups is 1. The molecule has 0 atom stereocenters. The van der Waals surface area contributed by atoms with Crippen molar-refractivity contribution in [3.8, 4) is 0 Å². The van der Waals surface area contributed by atoms with Crippen molar-refractivity contribution in [1.29, 1.82) is 0 Å². The molecular formula is C16H16ClFN2O3S. The van der Waals surface area contributed by atoms with Crippen LogP contribution in [0.3, 0.4) is 0 Å². The van der Waals surface area contributed by atoms with Crippen molar-refractivity contribution < 1.29 is 17.6 Å². The summed E-state index contributed by atoms with van der Waals surface area (Å²) in [5.41, 5.74) is 1.06. The average Bonchev–Trinajstić information content (AvgIpc) is 2.52. The Morgan fingerprint density at radius 3 is 2.25 bits per heavy atom. The van der Waals surface area contributed by atoms with Gasteiger partial charge in [-0.05, 0) is 42.0 Å². The summed E-state index contributed by atoms with van der Waals surface area (Å²) >= 11 is 5.79. The van der Waals surface area contributed by atoms with Crippen LogP contribution in [0.15, 0.2) is 48.5 Å². The van der Waals surface area contributed by atoms with E-state index in [1.54, 1.807) is 24.3 Å². The molecule has 0 radical (unpaired) electrons. The second-order valence-corrected chi connectivity index (χ2v) is 7.49. The van der Waals surface area contributed by atoms with Crippen molar-refractivity contribution in [3.63, 3.8) is 0 Å². The highest BCUT2D eigenvalue weighted by Crippen LogP contribution is 2.20. The van der Waals surface area contributed by atoms with Crippen molar-refractivity contribution in [2.75, 3.05) is 17.1 Å². The van der Waals surface area contributed by atoms with Crippen LogP contribution in [0.25, 0.3) is 0 Å². The van der Waals surface area contributed by atoms with Crippen LogP contribution >= 0.6 is 11.6 Å². The molecule has 0 aromatic heterocycles. The second-order valence-electron chi connectivity index (χ2n) is 5.15. The third kappa shape index (κ3) is 5.21. The van der Waals surface area contributed by atoms with Gasteiger partial charge < -0.3 is 5.32 Å². The first-order valence-electron chi connectivity index (χ1n) is 7.00. The molecule has 1 amide bonds. The molecule has 0 unspecified atom stereocenters. The third-order valence-corrected chi connectivity index (χ3v) is 4.60. The summed E-state index contributed by atoms with van der Waals surface area (Å²) in [5.74, 6) is -0.837. The van der Waals surface area contributed by atoms with E-state index in [1.165, 1.54) is 24.3 Å². The molecule has 0 aliphatic rings. The molecule has 128 valence electrons. The summed E-state index contributed by atoms with van der Waals surface area (Å²) < 4.78 is 37.7. The molecule has 2 rings (SSSR count). The van der Waals surface area contributed by atoms with Crippen molar-refractivity contribution in [1.82, 2.24) is 5.32 Å². The zero-order valence-electron chi connectivity index (χ0n) is 12.9. The number of nitrogens with one attached hydrogen (secondary N) is 1. The van der Waals surface area contributed by atoms with Crippen molar-refractivity contribution in [2.24, 2.45) is 0 Å². The van der Waals surface area contributed by atoms with Crippen LogP contribution in [0.4, 0.5) is 10.1 Å². The molecular weight excluding hydrogens is 355 g/mol. The van der Waals surface area contributed by atoms with E-state index in [-0.39, 0.29) is 18.9 Å². The highest BCUT2D eigenvalue weighted by Gasteiger charge is 2.20. The Morgan fingerprint density at radius 1 is 1.12 bits per heavy atom. The van der Waals surface area contributed by atoms with Crippen LogP contribution < -0.4 is 9.62 Å². The summed E-state index contributed by atoms with van der Waals surface area (Å²) in [4.78, 5) is 12.1. The SMILES string of the molecule is CS(=O)(=O)N(CC(=O)NCc1ccc(F)cc1)c1ccc(Cl)cc1. The van der Waals surface area contributed by atoms with Crippen LogP contribution in [0.2, 0.25) is 5.02 Å². The van der Waals surface area contributed by atoms with E-state index in [0.29, 0.717) is 16.3 Å². The van der Waals surface area contributed by atoms with Gasteiger partial charge in [0.2, 0.25) is 15.9 Å². The molecule has 2 aromatic carbocycles. The number of sulfonamides is 1. The first-order valence-corrected chi connectivity index (χ1v) is 9.23. The number of hydrogen-bond donors (Lipinski definition) is 1. The monoisotopic (exact) mass is 370 g/mol. The molecule has 0 saturated carbocycles. The first-order chi connectivity index (χ1) is 11.3. The van der Waals surface area contributed by atoms with Gasteiger partial charge in [-0.25, -0.2) is 12.8 Å². The lowest BCUT2D eigenvalue weighted by Crippen LogP contribution is -2.40. The fraction of sp³-hybridized carbons (Fsp3) is 0.188. The second kappa shape index (κ2) is 7.63. The molecule has 5 nitrogen and oxygen atoms in total. The van der Waals surface area contributed by atoms with Crippen molar-refractivity contribution in [3.05, 3.63) is 64.9 Å². The van der Waals surface area contributed by atoms with E-state index in [1.807, 2.05) is 0 Å². The number of benzene rings is 2. The minimum Gasteiger partial charge on any atom is -0.350 e. The van der Waals surface area contributed by atoms with Gasteiger partial charge in [0.25, 0.3) is 0 Å². The molecule has 24 heavy (non-hydrogen) atoms. The summed E-state index contributed by atoms with van der Waals surface area (Å²) in [5, 5.41) is 3.07. The van der Waals surface area contributed by atoms with Gasteiger partial charge in [0, 0.05) is 11.6 Å². The molecule has 8 heteroatoms. The minimum atomic E-state index is -3.63. The molecule has 0 heterocycles. The van der Waals surface area contributed by atoms with E-state index in [9.17, 15) is 17.6 Å². The lowest BCUT2D eigenvalue weighted by Gasteiger charge is -2.22. The van der Waals surface area contributed by atoms with Crippen molar-refractivity contribution in [2.45, 2.75) is 6.54 Å². The lowest BCUT2D eigenvalue weighted by atomic mass is 10.2. The van der Waals surface area contributed by atoms with E-state index in [0.717, 1.165) is 10.6 Å². The van der Waals surface area contributed by atoms with E-state index in [2.05, 4.69) is 5.32 Å². The number of halogens is 2. The number of carbonyl (C=O) groups excluding carboxylic acids is 1. The summed E-state index contributed by atoms with van der Waals surface area (Å²) in [6.07, 6.45) is 1.02. The van der Waals surface area contributed by atoms with Gasteiger partial charge in [-0.2, -0.15) is 0 Å². The lowest BCUT2D eigenvalue weighted by molar-refractivity contribution is -0.119. The zero-order chi connectivity index (χ0) is 17.7. The molecule has 2 aromatic rings. The maximum absolute atomic E-state index is 12.8. The quantitative estimate of drug-likeness (QED) is 0.849. The molecule has 1 N–H and O–H groups in total. The molecule has 0 fully saturated rings. The number of anilines is 1. The highest BCUT2D eigenvalue weighted by atomic mass is 35.5. The van der Waals surface area contributed by atoms with Gasteiger partial charge in [-0.1, -0.05) is 23.7 Å². The van der Waals surface area contributed by atoms with E-state index < -0.39 is 15.9 Å². The van der Waals surface area contributed by atoms with E-state index >= 15 is 0 Å².